The molecule has 0 radical (unpaired) electrons. The molecule has 0 bridgehead atoms. The first kappa shape index (κ1) is 19.2. The number of rotatable bonds is 6. The molecule has 2 rings (SSSR count). The summed E-state index contributed by atoms with van der Waals surface area (Å²) in [6.07, 6.45) is 0. The first-order chi connectivity index (χ1) is 12.4. The fourth-order valence-corrected chi connectivity index (χ4v) is 2.36. The van der Waals surface area contributed by atoms with Gasteiger partial charge in [0.2, 0.25) is 0 Å². The molecule has 0 saturated carbocycles. The number of nitro groups is 1. The highest BCUT2D eigenvalue weighted by Crippen LogP contribution is 2.21. The van der Waals surface area contributed by atoms with Crippen molar-refractivity contribution in [1.82, 2.24) is 10.6 Å². The SMILES string of the molecule is CN=C(NCc1ccc([N+](=O)[O-])cc1)NC(C)c1ccc(OC)c(F)c1. The number of nitrogens with one attached hydrogen (secondary N) is 2. The Balaban J connectivity index is 1.96. The fraction of sp³-hybridized carbons (Fsp3) is 0.278. The largest absolute Gasteiger partial charge is 0.494 e. The summed E-state index contributed by atoms with van der Waals surface area (Å²) in [6.45, 7) is 2.33. The van der Waals surface area contributed by atoms with Crippen LogP contribution in [0.1, 0.15) is 24.1 Å². The Kier molecular flexibility index (Phi) is 6.48. The smallest absolute Gasteiger partial charge is 0.269 e. The Morgan fingerprint density at radius 3 is 2.54 bits per heavy atom. The molecule has 0 spiro atoms. The van der Waals surface area contributed by atoms with Gasteiger partial charge in [-0.25, -0.2) is 4.39 Å². The van der Waals surface area contributed by atoms with Crippen LogP contribution < -0.4 is 15.4 Å². The van der Waals surface area contributed by atoms with Crippen molar-refractivity contribution in [2.45, 2.75) is 19.5 Å². The van der Waals surface area contributed by atoms with E-state index in [1.165, 1.54) is 25.3 Å². The van der Waals surface area contributed by atoms with Gasteiger partial charge >= 0.3 is 0 Å². The summed E-state index contributed by atoms with van der Waals surface area (Å²) in [5.74, 6) is 0.307. The van der Waals surface area contributed by atoms with Gasteiger partial charge in [0.25, 0.3) is 5.69 Å². The first-order valence-corrected chi connectivity index (χ1v) is 7.98. The van der Waals surface area contributed by atoms with Crippen LogP contribution in [0.15, 0.2) is 47.5 Å². The molecule has 8 heteroatoms. The molecule has 138 valence electrons. The zero-order valence-electron chi connectivity index (χ0n) is 14.8. The molecule has 0 fully saturated rings. The standard InChI is InChI=1S/C18H21FN4O3/c1-12(14-6-9-17(26-3)16(19)10-14)22-18(20-2)21-11-13-4-7-15(8-5-13)23(24)25/h4-10,12H,11H2,1-3H3,(H2,20,21,22). The third-order valence-electron chi connectivity index (χ3n) is 3.86. The highest BCUT2D eigenvalue weighted by Gasteiger charge is 2.11. The van der Waals surface area contributed by atoms with E-state index in [2.05, 4.69) is 15.6 Å². The molecule has 2 N–H and O–H groups in total. The highest BCUT2D eigenvalue weighted by molar-refractivity contribution is 5.80. The van der Waals surface area contributed by atoms with Crippen LogP contribution in [-0.4, -0.2) is 25.0 Å². The average molecular weight is 360 g/mol. The van der Waals surface area contributed by atoms with E-state index in [4.69, 9.17) is 4.74 Å². The zero-order valence-corrected chi connectivity index (χ0v) is 14.8. The first-order valence-electron chi connectivity index (χ1n) is 7.98. The van der Waals surface area contributed by atoms with Gasteiger partial charge < -0.3 is 15.4 Å². The van der Waals surface area contributed by atoms with Crippen LogP contribution >= 0.6 is 0 Å². The number of nitrogens with zero attached hydrogens (tertiary/aromatic N) is 2. The normalized spacial score (nSPS) is 12.4. The number of ether oxygens (including phenoxy) is 1. The van der Waals surface area contributed by atoms with Gasteiger partial charge in [0.05, 0.1) is 18.1 Å². The van der Waals surface area contributed by atoms with E-state index in [-0.39, 0.29) is 17.5 Å². The average Bonchev–Trinajstić information content (AvgIpc) is 2.65. The van der Waals surface area contributed by atoms with Crippen molar-refractivity contribution in [3.8, 4) is 5.75 Å². The van der Waals surface area contributed by atoms with E-state index >= 15 is 0 Å². The minimum atomic E-state index is -0.437. The number of aliphatic imine (C=N–C) groups is 1. The van der Waals surface area contributed by atoms with E-state index in [9.17, 15) is 14.5 Å². The number of hydrogen-bond acceptors (Lipinski definition) is 4. The summed E-state index contributed by atoms with van der Waals surface area (Å²) < 4.78 is 18.8. The minimum Gasteiger partial charge on any atom is -0.494 e. The van der Waals surface area contributed by atoms with Crippen molar-refractivity contribution in [1.29, 1.82) is 0 Å². The van der Waals surface area contributed by atoms with Crippen LogP contribution in [0.5, 0.6) is 5.75 Å². The summed E-state index contributed by atoms with van der Waals surface area (Å²) in [7, 11) is 3.05. The van der Waals surface area contributed by atoms with Crippen molar-refractivity contribution in [2.24, 2.45) is 4.99 Å². The number of nitro benzene ring substituents is 1. The molecule has 0 aliphatic heterocycles. The predicted octanol–water partition coefficient (Wildman–Crippen LogP) is 3.17. The summed E-state index contributed by atoms with van der Waals surface area (Å²) >= 11 is 0. The minimum absolute atomic E-state index is 0.0476. The summed E-state index contributed by atoms with van der Waals surface area (Å²) in [6, 6.07) is 10.9. The molecule has 0 aliphatic carbocycles. The topological polar surface area (TPSA) is 88.8 Å². The van der Waals surface area contributed by atoms with E-state index < -0.39 is 10.7 Å². The Bertz CT molecular complexity index is 794. The Morgan fingerprint density at radius 2 is 2.00 bits per heavy atom. The van der Waals surface area contributed by atoms with Gasteiger partial charge in [0.15, 0.2) is 17.5 Å². The highest BCUT2D eigenvalue weighted by atomic mass is 19.1. The van der Waals surface area contributed by atoms with Gasteiger partial charge in [-0.1, -0.05) is 18.2 Å². The molecule has 7 nitrogen and oxygen atoms in total. The van der Waals surface area contributed by atoms with E-state index in [0.717, 1.165) is 11.1 Å². The van der Waals surface area contributed by atoms with E-state index in [0.29, 0.717) is 12.5 Å². The second kappa shape index (κ2) is 8.80. The van der Waals surface area contributed by atoms with E-state index in [1.807, 2.05) is 6.92 Å². The summed E-state index contributed by atoms with van der Waals surface area (Å²) in [5.41, 5.74) is 1.68. The van der Waals surface area contributed by atoms with Crippen molar-refractivity contribution in [2.75, 3.05) is 14.2 Å². The van der Waals surface area contributed by atoms with Crippen molar-refractivity contribution in [3.05, 3.63) is 69.5 Å². The third-order valence-corrected chi connectivity index (χ3v) is 3.86. The van der Waals surface area contributed by atoms with Gasteiger partial charge in [0, 0.05) is 25.7 Å². The number of benzene rings is 2. The summed E-state index contributed by atoms with van der Waals surface area (Å²) in [4.78, 5) is 14.4. The molecule has 0 amide bonds. The summed E-state index contributed by atoms with van der Waals surface area (Å²) in [5, 5.41) is 17.0. The zero-order chi connectivity index (χ0) is 19.1. The second-order valence-corrected chi connectivity index (χ2v) is 5.61. The number of halogens is 1. The molecule has 0 aromatic heterocycles. The second-order valence-electron chi connectivity index (χ2n) is 5.61. The third kappa shape index (κ3) is 4.92. The van der Waals surface area contributed by atoms with Gasteiger partial charge in [-0.05, 0) is 30.2 Å². The lowest BCUT2D eigenvalue weighted by molar-refractivity contribution is -0.384. The molecular formula is C18H21FN4O3. The molecule has 1 atom stereocenters. The molecule has 1 unspecified atom stereocenters. The van der Waals surface area contributed by atoms with Crippen LogP contribution in [0.3, 0.4) is 0 Å². The lowest BCUT2D eigenvalue weighted by atomic mass is 10.1. The lowest BCUT2D eigenvalue weighted by Crippen LogP contribution is -2.38. The van der Waals surface area contributed by atoms with Crippen LogP contribution in [0.25, 0.3) is 0 Å². The molecule has 26 heavy (non-hydrogen) atoms. The maximum absolute atomic E-state index is 13.8. The van der Waals surface area contributed by atoms with Crippen LogP contribution in [0, 0.1) is 15.9 Å². The van der Waals surface area contributed by atoms with Crippen molar-refractivity contribution < 1.29 is 14.1 Å². The van der Waals surface area contributed by atoms with Gasteiger partial charge in [-0.3, -0.25) is 15.1 Å². The van der Waals surface area contributed by atoms with Crippen LogP contribution in [-0.2, 0) is 6.54 Å². The monoisotopic (exact) mass is 360 g/mol. The van der Waals surface area contributed by atoms with Crippen LogP contribution in [0.2, 0.25) is 0 Å². The van der Waals surface area contributed by atoms with Gasteiger partial charge in [-0.15, -0.1) is 0 Å². The van der Waals surface area contributed by atoms with E-state index in [1.54, 1.807) is 31.3 Å². The molecule has 2 aromatic rings. The molecule has 0 aliphatic rings. The van der Waals surface area contributed by atoms with Gasteiger partial charge in [-0.2, -0.15) is 0 Å². The van der Waals surface area contributed by atoms with Crippen molar-refractivity contribution in [3.63, 3.8) is 0 Å². The Morgan fingerprint density at radius 1 is 1.31 bits per heavy atom. The molecular weight excluding hydrogens is 339 g/mol. The van der Waals surface area contributed by atoms with Crippen LogP contribution in [0.4, 0.5) is 10.1 Å². The Hall–Kier alpha value is -3.16. The quantitative estimate of drug-likeness (QED) is 0.357. The maximum atomic E-state index is 13.8. The number of hydrogen-bond donors (Lipinski definition) is 2. The molecule has 2 aromatic carbocycles. The molecule has 0 saturated heterocycles. The predicted molar refractivity (Wildman–Crippen MR) is 97.8 cm³/mol. The lowest BCUT2D eigenvalue weighted by Gasteiger charge is -2.19. The maximum Gasteiger partial charge on any atom is 0.269 e. The molecule has 0 heterocycles. The fourth-order valence-electron chi connectivity index (χ4n) is 2.36. The Labute approximate surface area is 151 Å². The van der Waals surface area contributed by atoms with Gasteiger partial charge in [0.1, 0.15) is 0 Å². The van der Waals surface area contributed by atoms with Crippen molar-refractivity contribution >= 4 is 11.6 Å². The number of methoxy groups -OCH3 is 1. The number of guanidine groups is 1. The number of non-ortho nitro benzene ring substituents is 1.